The first kappa shape index (κ1) is 16.9. The number of carbonyl (C=O) groups excluding carboxylic acids is 2. The van der Waals surface area contributed by atoms with E-state index in [1.54, 1.807) is 35.2 Å². The lowest BCUT2D eigenvalue weighted by Gasteiger charge is -2.26. The van der Waals surface area contributed by atoms with E-state index in [1.807, 2.05) is 30.3 Å². The van der Waals surface area contributed by atoms with Crippen LogP contribution in [0.4, 0.5) is 5.69 Å². The summed E-state index contributed by atoms with van der Waals surface area (Å²) >= 11 is 0. The Morgan fingerprint density at radius 3 is 2.32 bits per heavy atom. The van der Waals surface area contributed by atoms with Crippen molar-refractivity contribution in [3.8, 4) is 0 Å². The standard InChI is InChI=1S/C20H20N2O3/c23-19(11-6-16-4-2-1-3-5-16)21-18-9-7-17(8-10-18)20(24)22-12-14-25-15-13-22/h1-11H,12-15H2,(H,21,23)/b11-6+. The lowest BCUT2D eigenvalue weighted by molar-refractivity contribution is -0.111. The summed E-state index contributed by atoms with van der Waals surface area (Å²) in [5, 5.41) is 2.79. The Balaban J connectivity index is 1.57. The highest BCUT2D eigenvalue weighted by atomic mass is 16.5. The number of ether oxygens (including phenoxy) is 1. The van der Waals surface area contributed by atoms with Gasteiger partial charge in [0.05, 0.1) is 13.2 Å². The largest absolute Gasteiger partial charge is 0.378 e. The number of rotatable bonds is 4. The summed E-state index contributed by atoms with van der Waals surface area (Å²) in [5.41, 5.74) is 2.23. The first-order valence-electron chi connectivity index (χ1n) is 8.23. The Kier molecular flexibility index (Phi) is 5.59. The highest BCUT2D eigenvalue weighted by molar-refractivity contribution is 6.02. The van der Waals surface area contributed by atoms with Gasteiger partial charge in [-0.1, -0.05) is 30.3 Å². The van der Waals surface area contributed by atoms with Crippen LogP contribution >= 0.6 is 0 Å². The number of carbonyl (C=O) groups is 2. The van der Waals surface area contributed by atoms with Gasteiger partial charge in [0.15, 0.2) is 0 Å². The highest BCUT2D eigenvalue weighted by Gasteiger charge is 2.18. The van der Waals surface area contributed by atoms with Crippen molar-refractivity contribution in [1.82, 2.24) is 4.90 Å². The monoisotopic (exact) mass is 336 g/mol. The molecule has 5 heteroatoms. The zero-order valence-electron chi connectivity index (χ0n) is 13.9. The number of benzene rings is 2. The van der Waals surface area contributed by atoms with Crippen molar-refractivity contribution in [2.24, 2.45) is 0 Å². The van der Waals surface area contributed by atoms with Crippen molar-refractivity contribution in [3.63, 3.8) is 0 Å². The van der Waals surface area contributed by atoms with Gasteiger partial charge >= 0.3 is 0 Å². The number of nitrogens with zero attached hydrogens (tertiary/aromatic N) is 1. The first-order valence-corrected chi connectivity index (χ1v) is 8.23. The summed E-state index contributed by atoms with van der Waals surface area (Å²) in [5.74, 6) is -0.221. The number of nitrogens with one attached hydrogen (secondary N) is 1. The Morgan fingerprint density at radius 1 is 0.960 bits per heavy atom. The molecule has 0 spiro atoms. The molecule has 1 heterocycles. The normalized spacial score (nSPS) is 14.5. The molecule has 0 aliphatic carbocycles. The molecule has 0 unspecified atom stereocenters. The van der Waals surface area contributed by atoms with Crippen LogP contribution in [0.1, 0.15) is 15.9 Å². The lowest BCUT2D eigenvalue weighted by atomic mass is 10.1. The maximum absolute atomic E-state index is 12.4. The molecule has 2 aromatic rings. The van der Waals surface area contributed by atoms with Gasteiger partial charge in [-0.15, -0.1) is 0 Å². The van der Waals surface area contributed by atoms with E-state index in [0.29, 0.717) is 37.6 Å². The van der Waals surface area contributed by atoms with Crippen LogP contribution in [0, 0.1) is 0 Å². The molecule has 1 fully saturated rings. The summed E-state index contributed by atoms with van der Waals surface area (Å²) in [6.45, 7) is 2.38. The van der Waals surface area contributed by atoms with Crippen LogP contribution in [0.2, 0.25) is 0 Å². The maximum Gasteiger partial charge on any atom is 0.254 e. The molecule has 0 saturated carbocycles. The predicted octanol–water partition coefficient (Wildman–Crippen LogP) is 2.81. The zero-order chi connectivity index (χ0) is 17.5. The highest BCUT2D eigenvalue weighted by Crippen LogP contribution is 2.13. The zero-order valence-corrected chi connectivity index (χ0v) is 13.9. The van der Waals surface area contributed by atoms with E-state index in [4.69, 9.17) is 4.74 Å². The summed E-state index contributed by atoms with van der Waals surface area (Å²) in [6.07, 6.45) is 3.24. The average Bonchev–Trinajstić information content (AvgIpc) is 2.68. The van der Waals surface area contributed by atoms with Crippen molar-refractivity contribution in [3.05, 3.63) is 71.8 Å². The first-order chi connectivity index (χ1) is 12.2. The molecule has 1 N–H and O–H groups in total. The van der Waals surface area contributed by atoms with Gasteiger partial charge in [0.2, 0.25) is 5.91 Å². The van der Waals surface area contributed by atoms with Crippen LogP contribution in [0.25, 0.3) is 6.08 Å². The second kappa shape index (κ2) is 8.26. The minimum Gasteiger partial charge on any atom is -0.378 e. The van der Waals surface area contributed by atoms with Gasteiger partial charge in [0.25, 0.3) is 5.91 Å². The molecule has 1 saturated heterocycles. The summed E-state index contributed by atoms with van der Waals surface area (Å²) < 4.78 is 5.26. The minimum absolute atomic E-state index is 0.00912. The third kappa shape index (κ3) is 4.78. The van der Waals surface area contributed by atoms with Crippen molar-refractivity contribution in [1.29, 1.82) is 0 Å². The average molecular weight is 336 g/mol. The fourth-order valence-electron chi connectivity index (χ4n) is 2.57. The van der Waals surface area contributed by atoms with E-state index in [0.717, 1.165) is 5.56 Å². The number of hydrogen-bond acceptors (Lipinski definition) is 3. The van der Waals surface area contributed by atoms with Gasteiger partial charge in [0.1, 0.15) is 0 Å². The third-order valence-corrected chi connectivity index (χ3v) is 3.92. The molecule has 25 heavy (non-hydrogen) atoms. The van der Waals surface area contributed by atoms with Gasteiger partial charge in [0, 0.05) is 30.4 Å². The third-order valence-electron chi connectivity index (χ3n) is 3.92. The van der Waals surface area contributed by atoms with Crippen LogP contribution < -0.4 is 5.32 Å². The van der Waals surface area contributed by atoms with Gasteiger partial charge in [-0.3, -0.25) is 9.59 Å². The molecule has 0 bridgehead atoms. The van der Waals surface area contributed by atoms with Gasteiger partial charge in [-0.05, 0) is 35.9 Å². The Morgan fingerprint density at radius 2 is 1.64 bits per heavy atom. The fraction of sp³-hybridized carbons (Fsp3) is 0.200. The molecule has 5 nitrogen and oxygen atoms in total. The number of anilines is 1. The predicted molar refractivity (Wildman–Crippen MR) is 97.3 cm³/mol. The number of amides is 2. The number of hydrogen-bond donors (Lipinski definition) is 1. The molecular weight excluding hydrogens is 316 g/mol. The smallest absolute Gasteiger partial charge is 0.254 e. The molecule has 1 aliphatic heterocycles. The second-order valence-corrected chi connectivity index (χ2v) is 5.72. The fourth-order valence-corrected chi connectivity index (χ4v) is 2.57. The Bertz CT molecular complexity index is 748. The van der Waals surface area contributed by atoms with Crippen LogP contribution in [0.3, 0.4) is 0 Å². The van der Waals surface area contributed by atoms with E-state index in [-0.39, 0.29) is 11.8 Å². The van der Waals surface area contributed by atoms with E-state index in [2.05, 4.69) is 5.32 Å². The summed E-state index contributed by atoms with van der Waals surface area (Å²) in [4.78, 5) is 26.1. The Hall–Kier alpha value is -2.92. The number of morpholine rings is 1. The Labute approximate surface area is 146 Å². The van der Waals surface area contributed by atoms with Gasteiger partial charge < -0.3 is 15.0 Å². The van der Waals surface area contributed by atoms with E-state index in [9.17, 15) is 9.59 Å². The quantitative estimate of drug-likeness (QED) is 0.874. The van der Waals surface area contributed by atoms with Crippen LogP contribution in [-0.2, 0) is 9.53 Å². The SMILES string of the molecule is O=C(/C=C/c1ccccc1)Nc1ccc(C(=O)N2CCOCC2)cc1. The molecule has 3 rings (SSSR count). The minimum atomic E-state index is -0.212. The molecule has 0 radical (unpaired) electrons. The molecule has 128 valence electrons. The van der Waals surface area contributed by atoms with Crippen molar-refractivity contribution in [2.75, 3.05) is 31.6 Å². The van der Waals surface area contributed by atoms with E-state index < -0.39 is 0 Å². The molecule has 1 aliphatic rings. The molecule has 0 aromatic heterocycles. The topological polar surface area (TPSA) is 58.6 Å². The van der Waals surface area contributed by atoms with Crippen LogP contribution in [0.5, 0.6) is 0 Å². The van der Waals surface area contributed by atoms with Gasteiger partial charge in [-0.2, -0.15) is 0 Å². The molecule has 2 amide bonds. The molecular formula is C20H20N2O3. The van der Waals surface area contributed by atoms with Crippen LogP contribution in [-0.4, -0.2) is 43.0 Å². The molecule has 2 aromatic carbocycles. The van der Waals surface area contributed by atoms with E-state index >= 15 is 0 Å². The van der Waals surface area contributed by atoms with E-state index in [1.165, 1.54) is 6.08 Å². The summed E-state index contributed by atoms with van der Waals surface area (Å²) in [7, 11) is 0. The van der Waals surface area contributed by atoms with Crippen molar-refractivity contribution in [2.45, 2.75) is 0 Å². The van der Waals surface area contributed by atoms with Gasteiger partial charge in [-0.25, -0.2) is 0 Å². The second-order valence-electron chi connectivity index (χ2n) is 5.72. The van der Waals surface area contributed by atoms with Crippen molar-refractivity contribution < 1.29 is 14.3 Å². The van der Waals surface area contributed by atoms with Crippen molar-refractivity contribution >= 4 is 23.6 Å². The summed E-state index contributed by atoms with van der Waals surface area (Å²) in [6, 6.07) is 16.6. The maximum atomic E-state index is 12.4. The van der Waals surface area contributed by atoms with Crippen LogP contribution in [0.15, 0.2) is 60.7 Å². The lowest BCUT2D eigenvalue weighted by Crippen LogP contribution is -2.40. The molecule has 0 atom stereocenters.